The lowest BCUT2D eigenvalue weighted by molar-refractivity contribution is 0.0766. The van der Waals surface area contributed by atoms with Crippen LogP contribution in [-0.4, -0.2) is 41.8 Å². The van der Waals surface area contributed by atoms with Gasteiger partial charge in [0.2, 0.25) is 0 Å². The Morgan fingerprint density at radius 1 is 1.50 bits per heavy atom. The van der Waals surface area contributed by atoms with Gasteiger partial charge in [-0.15, -0.1) is 0 Å². The standard InChI is InChI=1S/C17H26N2O3/c1-3-22-12-15-7-4-5-9-16(15)18-17(21)19-10-6-8-14(11-19)13(2)20/h4-5,7,9,13-14,20H,3,6,8,10-12H2,1-2H3,(H,18,21). The fraction of sp³-hybridized carbons (Fsp3) is 0.588. The Morgan fingerprint density at radius 2 is 2.27 bits per heavy atom. The molecule has 1 heterocycles. The number of nitrogens with zero attached hydrogens (tertiary/aromatic N) is 1. The molecular weight excluding hydrogens is 280 g/mol. The maximum atomic E-state index is 12.5. The molecule has 2 rings (SSSR count). The van der Waals surface area contributed by atoms with Gasteiger partial charge >= 0.3 is 6.03 Å². The van der Waals surface area contributed by atoms with Crippen LogP contribution in [0, 0.1) is 5.92 Å². The van der Waals surface area contributed by atoms with Crippen LogP contribution >= 0.6 is 0 Å². The largest absolute Gasteiger partial charge is 0.393 e. The molecule has 2 N–H and O–H groups in total. The van der Waals surface area contributed by atoms with Crippen molar-refractivity contribution in [1.29, 1.82) is 0 Å². The second kappa shape index (κ2) is 8.15. The second-order valence-corrected chi connectivity index (χ2v) is 5.81. The molecule has 0 bridgehead atoms. The zero-order valence-electron chi connectivity index (χ0n) is 13.4. The van der Waals surface area contributed by atoms with E-state index in [1.54, 1.807) is 11.8 Å². The third-order valence-electron chi connectivity index (χ3n) is 4.15. The molecule has 22 heavy (non-hydrogen) atoms. The number of hydrogen-bond acceptors (Lipinski definition) is 3. The number of anilines is 1. The van der Waals surface area contributed by atoms with Gasteiger partial charge in [0, 0.05) is 36.9 Å². The third-order valence-corrected chi connectivity index (χ3v) is 4.15. The highest BCUT2D eigenvalue weighted by Crippen LogP contribution is 2.22. The van der Waals surface area contributed by atoms with Crippen molar-refractivity contribution in [3.8, 4) is 0 Å². The van der Waals surface area contributed by atoms with Gasteiger partial charge in [0.05, 0.1) is 12.7 Å². The van der Waals surface area contributed by atoms with Gasteiger partial charge in [0.15, 0.2) is 0 Å². The van der Waals surface area contributed by atoms with Crippen molar-refractivity contribution < 1.29 is 14.6 Å². The second-order valence-electron chi connectivity index (χ2n) is 5.81. The van der Waals surface area contributed by atoms with Gasteiger partial charge in [-0.25, -0.2) is 4.79 Å². The molecule has 122 valence electrons. The van der Waals surface area contributed by atoms with Gasteiger partial charge in [0.1, 0.15) is 0 Å². The molecule has 1 aromatic carbocycles. The minimum absolute atomic E-state index is 0.103. The van der Waals surface area contributed by atoms with Crippen molar-refractivity contribution >= 4 is 11.7 Å². The maximum Gasteiger partial charge on any atom is 0.321 e. The van der Waals surface area contributed by atoms with E-state index in [4.69, 9.17) is 4.74 Å². The summed E-state index contributed by atoms with van der Waals surface area (Å²) in [6.07, 6.45) is 1.53. The highest BCUT2D eigenvalue weighted by molar-refractivity contribution is 5.90. The molecule has 1 aliphatic rings. The average Bonchev–Trinajstić information content (AvgIpc) is 2.54. The summed E-state index contributed by atoms with van der Waals surface area (Å²) in [5, 5.41) is 12.7. The van der Waals surface area contributed by atoms with Crippen molar-refractivity contribution in [3.05, 3.63) is 29.8 Å². The van der Waals surface area contributed by atoms with E-state index in [2.05, 4.69) is 5.32 Å². The van der Waals surface area contributed by atoms with E-state index in [1.165, 1.54) is 0 Å². The average molecular weight is 306 g/mol. The van der Waals surface area contributed by atoms with Crippen LogP contribution in [0.2, 0.25) is 0 Å². The number of likely N-dealkylation sites (tertiary alicyclic amines) is 1. The fourth-order valence-corrected chi connectivity index (χ4v) is 2.76. The molecule has 1 fully saturated rings. The van der Waals surface area contributed by atoms with E-state index >= 15 is 0 Å². The molecule has 0 saturated carbocycles. The van der Waals surface area contributed by atoms with Gasteiger partial charge in [-0.3, -0.25) is 0 Å². The molecular formula is C17H26N2O3. The Kier molecular flexibility index (Phi) is 6.21. The van der Waals surface area contributed by atoms with E-state index < -0.39 is 0 Å². The highest BCUT2D eigenvalue weighted by atomic mass is 16.5. The van der Waals surface area contributed by atoms with Crippen LogP contribution in [0.3, 0.4) is 0 Å². The first-order valence-electron chi connectivity index (χ1n) is 8.01. The summed E-state index contributed by atoms with van der Waals surface area (Å²) in [4.78, 5) is 14.2. The first-order valence-corrected chi connectivity index (χ1v) is 8.01. The molecule has 1 saturated heterocycles. The van der Waals surface area contributed by atoms with Gasteiger partial charge in [-0.2, -0.15) is 0 Å². The number of hydrogen-bond donors (Lipinski definition) is 2. The van der Waals surface area contributed by atoms with Gasteiger partial charge in [-0.1, -0.05) is 18.2 Å². The number of carbonyl (C=O) groups is 1. The summed E-state index contributed by atoms with van der Waals surface area (Å²) in [6, 6.07) is 7.59. The Balaban J connectivity index is 1.99. The van der Waals surface area contributed by atoms with Crippen molar-refractivity contribution in [2.75, 3.05) is 25.0 Å². The van der Waals surface area contributed by atoms with E-state index in [-0.39, 0.29) is 18.1 Å². The molecule has 2 amide bonds. The number of ether oxygens (including phenoxy) is 1. The summed E-state index contributed by atoms with van der Waals surface area (Å²) in [5.74, 6) is 0.165. The summed E-state index contributed by atoms with van der Waals surface area (Å²) in [5.41, 5.74) is 1.77. The number of piperidine rings is 1. The normalized spacial score (nSPS) is 19.8. The molecule has 0 spiro atoms. The molecule has 5 nitrogen and oxygen atoms in total. The van der Waals surface area contributed by atoms with E-state index in [0.29, 0.717) is 19.8 Å². The van der Waals surface area contributed by atoms with Crippen molar-refractivity contribution in [1.82, 2.24) is 4.90 Å². The zero-order chi connectivity index (χ0) is 15.9. The summed E-state index contributed by atoms with van der Waals surface area (Å²) in [6.45, 7) is 6.22. The van der Waals surface area contributed by atoms with Crippen molar-refractivity contribution in [2.24, 2.45) is 5.92 Å². The molecule has 2 atom stereocenters. The first-order chi connectivity index (χ1) is 10.6. The van der Waals surface area contributed by atoms with E-state index in [1.807, 2.05) is 31.2 Å². The Morgan fingerprint density at radius 3 is 3.00 bits per heavy atom. The lowest BCUT2D eigenvalue weighted by Gasteiger charge is -2.34. The van der Waals surface area contributed by atoms with E-state index in [0.717, 1.165) is 30.6 Å². The number of aliphatic hydroxyl groups is 1. The smallest absolute Gasteiger partial charge is 0.321 e. The number of benzene rings is 1. The van der Waals surface area contributed by atoms with Crippen LogP contribution in [0.25, 0.3) is 0 Å². The predicted octanol–water partition coefficient (Wildman–Crippen LogP) is 2.85. The Bertz CT molecular complexity index is 491. The quantitative estimate of drug-likeness (QED) is 0.879. The molecule has 5 heteroatoms. The van der Waals surface area contributed by atoms with Crippen LogP contribution in [0.5, 0.6) is 0 Å². The van der Waals surface area contributed by atoms with Gasteiger partial charge < -0.3 is 20.1 Å². The number of urea groups is 1. The van der Waals surface area contributed by atoms with Crippen molar-refractivity contribution in [2.45, 2.75) is 39.4 Å². The summed E-state index contributed by atoms with van der Waals surface area (Å²) < 4.78 is 5.44. The number of amides is 2. The van der Waals surface area contributed by atoms with Crippen molar-refractivity contribution in [3.63, 3.8) is 0 Å². The molecule has 1 aliphatic heterocycles. The van der Waals surface area contributed by atoms with Crippen LogP contribution < -0.4 is 5.32 Å². The highest BCUT2D eigenvalue weighted by Gasteiger charge is 2.26. The first kappa shape index (κ1) is 16.8. The number of rotatable bonds is 5. The maximum absolute atomic E-state index is 12.5. The fourth-order valence-electron chi connectivity index (χ4n) is 2.76. The van der Waals surface area contributed by atoms with Crippen LogP contribution in [0.1, 0.15) is 32.3 Å². The minimum Gasteiger partial charge on any atom is -0.393 e. The van der Waals surface area contributed by atoms with Crippen LogP contribution in [0.15, 0.2) is 24.3 Å². The van der Waals surface area contributed by atoms with Gasteiger partial charge in [-0.05, 0) is 32.8 Å². The Hall–Kier alpha value is -1.59. The van der Waals surface area contributed by atoms with Crippen LogP contribution in [0.4, 0.5) is 10.5 Å². The Labute approximate surface area is 132 Å². The summed E-state index contributed by atoms with van der Waals surface area (Å²) in [7, 11) is 0. The molecule has 2 unspecified atom stereocenters. The zero-order valence-corrected chi connectivity index (χ0v) is 13.4. The number of para-hydroxylation sites is 1. The topological polar surface area (TPSA) is 61.8 Å². The molecule has 0 aliphatic carbocycles. The minimum atomic E-state index is -0.374. The summed E-state index contributed by atoms with van der Waals surface area (Å²) >= 11 is 0. The number of aliphatic hydroxyl groups excluding tert-OH is 1. The molecule has 0 aromatic heterocycles. The van der Waals surface area contributed by atoms with Crippen LogP contribution in [-0.2, 0) is 11.3 Å². The predicted molar refractivity (Wildman–Crippen MR) is 86.8 cm³/mol. The number of carbonyl (C=O) groups excluding carboxylic acids is 1. The lowest BCUT2D eigenvalue weighted by atomic mass is 9.94. The monoisotopic (exact) mass is 306 g/mol. The third kappa shape index (κ3) is 4.45. The molecule has 0 radical (unpaired) electrons. The van der Waals surface area contributed by atoms with E-state index in [9.17, 15) is 9.90 Å². The number of nitrogens with one attached hydrogen (secondary N) is 1. The molecule has 1 aromatic rings. The SMILES string of the molecule is CCOCc1ccccc1NC(=O)N1CCCC(C(C)O)C1. The van der Waals surface area contributed by atoms with Gasteiger partial charge in [0.25, 0.3) is 0 Å². The lowest BCUT2D eigenvalue weighted by Crippen LogP contribution is -2.44.